The smallest absolute Gasteiger partial charge is 0.387 e. The van der Waals surface area contributed by atoms with Crippen molar-refractivity contribution in [3.05, 3.63) is 66.0 Å². The molecule has 1 unspecified atom stereocenters. The number of ketones is 1. The fourth-order valence-corrected chi connectivity index (χ4v) is 6.27. The Bertz CT molecular complexity index is 1580. The van der Waals surface area contributed by atoms with Crippen molar-refractivity contribution < 1.29 is 42.1 Å². The molecule has 0 bridgehead atoms. The minimum Gasteiger partial charge on any atom is -0.495 e. The standard InChI is InChI=1S/C32H33F3N4O6/c1-43-26-8-3-2-7-25(26)37-9-11-38(12-10-37)28-24(33)18-22-27(30(28)45-32(34)35)39(19-23(29(22)40)31(41)42)21-6-4-5-20(17-21)36-13-15-44-16-14-36/h2-8,17-18,23,32H,9-16,19H2,1H3,(H,41,42). The highest BCUT2D eigenvalue weighted by atomic mass is 19.3. The van der Waals surface area contributed by atoms with Crippen LogP contribution < -0.4 is 29.1 Å². The van der Waals surface area contributed by atoms with E-state index in [4.69, 9.17) is 14.2 Å². The number of hydrogen-bond donors (Lipinski definition) is 1. The number of morpholine rings is 1. The number of alkyl halides is 2. The summed E-state index contributed by atoms with van der Waals surface area (Å²) >= 11 is 0. The highest BCUT2D eigenvalue weighted by Crippen LogP contribution is 2.49. The van der Waals surface area contributed by atoms with Crippen LogP contribution in [0, 0.1) is 11.7 Å². The summed E-state index contributed by atoms with van der Waals surface area (Å²) in [5.41, 5.74) is 1.51. The van der Waals surface area contributed by atoms with E-state index in [0.717, 1.165) is 17.4 Å². The molecule has 0 radical (unpaired) electrons. The Labute approximate surface area is 258 Å². The molecule has 45 heavy (non-hydrogen) atoms. The SMILES string of the molecule is COc1ccccc1N1CCN(c2c(F)cc3c(c2OC(F)F)N(c2cccc(N4CCOCC4)c2)CC(C(=O)O)C3=O)CC1. The van der Waals surface area contributed by atoms with Gasteiger partial charge in [0.15, 0.2) is 17.3 Å². The molecule has 1 atom stereocenters. The van der Waals surface area contributed by atoms with Gasteiger partial charge in [0.1, 0.15) is 17.4 Å². The molecule has 2 saturated heterocycles. The van der Waals surface area contributed by atoms with Crippen molar-refractivity contribution in [1.29, 1.82) is 0 Å². The lowest BCUT2D eigenvalue weighted by Gasteiger charge is -2.40. The molecule has 0 amide bonds. The third-order valence-electron chi connectivity index (χ3n) is 8.44. The number of nitrogens with zero attached hydrogens (tertiary/aromatic N) is 4. The number of fused-ring (bicyclic) bond motifs is 1. The van der Waals surface area contributed by atoms with E-state index in [1.165, 1.54) is 4.90 Å². The first-order chi connectivity index (χ1) is 21.8. The Morgan fingerprint density at radius 2 is 1.60 bits per heavy atom. The molecule has 0 spiro atoms. The van der Waals surface area contributed by atoms with Crippen LogP contribution in [0.1, 0.15) is 10.4 Å². The van der Waals surface area contributed by atoms with Gasteiger partial charge in [-0.25, -0.2) is 4.39 Å². The second-order valence-corrected chi connectivity index (χ2v) is 10.9. The third kappa shape index (κ3) is 5.91. The van der Waals surface area contributed by atoms with Crippen molar-refractivity contribution in [1.82, 2.24) is 0 Å². The van der Waals surface area contributed by atoms with Gasteiger partial charge < -0.3 is 38.9 Å². The van der Waals surface area contributed by atoms with Gasteiger partial charge in [0.2, 0.25) is 0 Å². The summed E-state index contributed by atoms with van der Waals surface area (Å²) in [6, 6.07) is 15.6. The fraction of sp³-hybridized carbons (Fsp3) is 0.375. The molecule has 6 rings (SSSR count). The zero-order valence-electron chi connectivity index (χ0n) is 24.6. The van der Waals surface area contributed by atoms with E-state index in [9.17, 15) is 23.5 Å². The first kappa shape index (κ1) is 30.4. The summed E-state index contributed by atoms with van der Waals surface area (Å²) in [4.78, 5) is 32.8. The fourth-order valence-electron chi connectivity index (χ4n) is 6.27. The zero-order valence-corrected chi connectivity index (χ0v) is 24.6. The molecule has 13 heteroatoms. The molecule has 1 N–H and O–H groups in total. The summed E-state index contributed by atoms with van der Waals surface area (Å²) in [7, 11) is 1.57. The third-order valence-corrected chi connectivity index (χ3v) is 8.44. The van der Waals surface area contributed by atoms with E-state index in [1.807, 2.05) is 30.3 Å². The van der Waals surface area contributed by atoms with Gasteiger partial charge in [-0.3, -0.25) is 9.59 Å². The van der Waals surface area contributed by atoms with E-state index in [0.29, 0.717) is 50.8 Å². The monoisotopic (exact) mass is 626 g/mol. The number of hydrogen-bond acceptors (Lipinski definition) is 9. The molecule has 3 aromatic carbocycles. The molecule has 2 fully saturated rings. The Morgan fingerprint density at radius 1 is 0.911 bits per heavy atom. The highest BCUT2D eigenvalue weighted by molar-refractivity contribution is 6.15. The number of rotatable bonds is 8. The second kappa shape index (κ2) is 12.8. The molecule has 3 aliphatic heterocycles. The largest absolute Gasteiger partial charge is 0.495 e. The number of ether oxygens (including phenoxy) is 3. The van der Waals surface area contributed by atoms with Crippen molar-refractivity contribution in [2.24, 2.45) is 5.92 Å². The van der Waals surface area contributed by atoms with Crippen LogP contribution in [0.25, 0.3) is 0 Å². The van der Waals surface area contributed by atoms with Crippen LogP contribution in [0.5, 0.6) is 11.5 Å². The molecule has 3 heterocycles. The molecule has 0 aliphatic carbocycles. The molecule has 10 nitrogen and oxygen atoms in total. The van der Waals surface area contributed by atoms with Gasteiger partial charge in [-0.1, -0.05) is 18.2 Å². The Hall–Kier alpha value is -4.65. The first-order valence-corrected chi connectivity index (χ1v) is 14.7. The molecule has 0 saturated carbocycles. The predicted octanol–water partition coefficient (Wildman–Crippen LogP) is 4.63. The maximum Gasteiger partial charge on any atom is 0.387 e. The maximum absolute atomic E-state index is 16.0. The van der Waals surface area contributed by atoms with Crippen LogP contribution in [-0.4, -0.2) is 89.6 Å². The number of Topliss-reactive ketones (excluding diaryl/α,β-unsaturated/α-hetero) is 1. The van der Waals surface area contributed by atoms with Gasteiger partial charge in [-0.05, 0) is 36.4 Å². The average molecular weight is 627 g/mol. The maximum atomic E-state index is 16.0. The number of piperazine rings is 1. The average Bonchev–Trinajstić information content (AvgIpc) is 3.05. The normalized spacial score (nSPS) is 18.7. The summed E-state index contributed by atoms with van der Waals surface area (Å²) in [6.45, 7) is 0.0120. The lowest BCUT2D eigenvalue weighted by molar-refractivity contribution is -0.139. The number of carbonyl (C=O) groups excluding carboxylic acids is 1. The first-order valence-electron chi connectivity index (χ1n) is 14.7. The van der Waals surface area contributed by atoms with Crippen molar-refractivity contribution in [3.8, 4) is 11.5 Å². The van der Waals surface area contributed by atoms with E-state index in [2.05, 4.69) is 9.80 Å². The van der Waals surface area contributed by atoms with Crippen molar-refractivity contribution in [2.75, 3.05) is 85.7 Å². The molecule has 238 valence electrons. The van der Waals surface area contributed by atoms with Crippen LogP contribution in [0.4, 0.5) is 41.6 Å². The van der Waals surface area contributed by atoms with Crippen LogP contribution in [0.3, 0.4) is 0 Å². The number of para-hydroxylation sites is 2. The summed E-state index contributed by atoms with van der Waals surface area (Å²) in [5.74, 6) is -4.58. The van der Waals surface area contributed by atoms with Gasteiger partial charge in [0, 0.05) is 62.8 Å². The van der Waals surface area contributed by atoms with E-state index >= 15 is 4.39 Å². The number of benzene rings is 3. The van der Waals surface area contributed by atoms with E-state index < -0.39 is 35.8 Å². The number of methoxy groups -OCH3 is 1. The molecule has 3 aromatic rings. The number of carboxylic acid groups (broad SMARTS) is 1. The quantitative estimate of drug-likeness (QED) is 0.357. The van der Waals surface area contributed by atoms with Crippen LogP contribution in [0.15, 0.2) is 54.6 Å². The lowest BCUT2D eigenvalue weighted by Crippen LogP contribution is -2.47. The molecule has 0 aromatic heterocycles. The van der Waals surface area contributed by atoms with Gasteiger partial charge in [-0.2, -0.15) is 8.78 Å². The van der Waals surface area contributed by atoms with Crippen molar-refractivity contribution in [2.45, 2.75) is 6.61 Å². The van der Waals surface area contributed by atoms with Crippen LogP contribution in [-0.2, 0) is 9.53 Å². The van der Waals surface area contributed by atoms with Gasteiger partial charge >= 0.3 is 12.6 Å². The van der Waals surface area contributed by atoms with Crippen molar-refractivity contribution >= 4 is 40.2 Å². The summed E-state index contributed by atoms with van der Waals surface area (Å²) in [6.07, 6.45) is 0. The number of anilines is 5. The van der Waals surface area contributed by atoms with Gasteiger partial charge in [-0.15, -0.1) is 0 Å². The number of carbonyl (C=O) groups is 2. The summed E-state index contributed by atoms with van der Waals surface area (Å²) < 4.78 is 60.1. The minimum absolute atomic E-state index is 0.0829. The topological polar surface area (TPSA) is 95.0 Å². The number of aliphatic carboxylic acids is 1. The number of carboxylic acids is 1. The summed E-state index contributed by atoms with van der Waals surface area (Å²) in [5, 5.41) is 9.92. The molecular weight excluding hydrogens is 593 g/mol. The van der Waals surface area contributed by atoms with E-state index in [1.54, 1.807) is 30.2 Å². The lowest BCUT2D eigenvalue weighted by atomic mass is 9.89. The van der Waals surface area contributed by atoms with Crippen molar-refractivity contribution in [3.63, 3.8) is 0 Å². The predicted molar refractivity (Wildman–Crippen MR) is 162 cm³/mol. The van der Waals surface area contributed by atoms with Gasteiger partial charge in [0.05, 0.1) is 31.7 Å². The Balaban J connectivity index is 1.43. The molecular formula is C32H33F3N4O6. The minimum atomic E-state index is -3.33. The zero-order chi connectivity index (χ0) is 31.7. The van der Waals surface area contributed by atoms with Crippen LogP contribution >= 0.6 is 0 Å². The van der Waals surface area contributed by atoms with Crippen LogP contribution in [0.2, 0.25) is 0 Å². The molecule has 3 aliphatic rings. The second-order valence-electron chi connectivity index (χ2n) is 10.9. The number of halogens is 3. The van der Waals surface area contributed by atoms with Gasteiger partial charge in [0.25, 0.3) is 0 Å². The van der Waals surface area contributed by atoms with E-state index in [-0.39, 0.29) is 36.6 Å². The highest BCUT2D eigenvalue weighted by Gasteiger charge is 2.42. The Kier molecular flexibility index (Phi) is 8.61. The Morgan fingerprint density at radius 3 is 2.29 bits per heavy atom.